The van der Waals surface area contributed by atoms with Crippen LogP contribution in [-0.4, -0.2) is 69.4 Å². The van der Waals surface area contributed by atoms with Gasteiger partial charge in [-0.05, 0) is 20.8 Å². The van der Waals surface area contributed by atoms with Crippen molar-refractivity contribution in [3.63, 3.8) is 0 Å². The smallest absolute Gasteiger partial charge is 0.250 e. The second kappa shape index (κ2) is 6.34. The number of hydrogen-bond acceptors (Lipinski definition) is 4. The third-order valence-corrected chi connectivity index (χ3v) is 4.02. The molecular weight excluding hydrogens is 292 g/mol. The summed E-state index contributed by atoms with van der Waals surface area (Å²) in [5.41, 5.74) is -0.750. The van der Waals surface area contributed by atoms with E-state index >= 15 is 0 Å². The molecule has 0 aliphatic carbocycles. The second-order valence-corrected chi connectivity index (χ2v) is 6.54. The topological polar surface area (TPSA) is 61.6 Å². The van der Waals surface area contributed by atoms with Crippen LogP contribution in [0.2, 0.25) is 5.02 Å². The number of amides is 1. The number of rotatable bonds is 4. The Hall–Kier alpha value is -1.11. The number of aliphatic hydroxyl groups is 1. The highest BCUT2D eigenvalue weighted by atomic mass is 35.5. The molecule has 118 valence electrons. The number of piperazine rings is 1. The van der Waals surface area contributed by atoms with Crippen molar-refractivity contribution < 1.29 is 9.90 Å². The van der Waals surface area contributed by atoms with Gasteiger partial charge in [-0.15, -0.1) is 0 Å². The highest BCUT2D eigenvalue weighted by Crippen LogP contribution is 2.21. The number of carbonyl (C=O) groups excluding carboxylic acids is 1. The summed E-state index contributed by atoms with van der Waals surface area (Å²) >= 11 is 5.89. The van der Waals surface area contributed by atoms with Gasteiger partial charge in [-0.2, -0.15) is 5.10 Å². The van der Waals surface area contributed by atoms with E-state index in [-0.39, 0.29) is 12.0 Å². The van der Waals surface area contributed by atoms with E-state index in [0.29, 0.717) is 24.7 Å². The van der Waals surface area contributed by atoms with Gasteiger partial charge in [-0.25, -0.2) is 0 Å². The van der Waals surface area contributed by atoms with Crippen LogP contribution in [0.1, 0.15) is 20.8 Å². The van der Waals surface area contributed by atoms with Gasteiger partial charge in [0.05, 0.1) is 17.3 Å². The van der Waals surface area contributed by atoms with E-state index in [1.807, 2.05) is 18.7 Å². The van der Waals surface area contributed by atoms with Crippen LogP contribution in [0.15, 0.2) is 12.4 Å². The largest absolute Gasteiger partial charge is 0.392 e. The van der Waals surface area contributed by atoms with E-state index in [9.17, 15) is 9.90 Å². The predicted molar refractivity (Wildman–Crippen MR) is 81.3 cm³/mol. The molecule has 0 saturated carbocycles. The molecule has 1 aliphatic heterocycles. The first-order valence-corrected chi connectivity index (χ1v) is 7.59. The van der Waals surface area contributed by atoms with E-state index in [1.165, 1.54) is 6.20 Å². The van der Waals surface area contributed by atoms with E-state index in [4.69, 9.17) is 11.6 Å². The molecule has 21 heavy (non-hydrogen) atoms. The molecule has 0 unspecified atom stereocenters. The maximum absolute atomic E-state index is 12.7. The van der Waals surface area contributed by atoms with E-state index < -0.39 is 5.54 Å². The van der Waals surface area contributed by atoms with Gasteiger partial charge < -0.3 is 10.0 Å². The number of aliphatic hydroxyl groups excluding tert-OH is 1. The minimum atomic E-state index is -0.750. The summed E-state index contributed by atoms with van der Waals surface area (Å²) in [5.74, 6) is 0.0407. The molecule has 1 N–H and O–H groups in total. The Morgan fingerprint density at radius 1 is 1.43 bits per heavy atom. The molecule has 1 amide bonds. The van der Waals surface area contributed by atoms with Crippen LogP contribution in [-0.2, 0) is 10.3 Å². The van der Waals surface area contributed by atoms with Crippen molar-refractivity contribution in [3.05, 3.63) is 17.4 Å². The molecule has 1 aromatic rings. The molecule has 6 nitrogen and oxygen atoms in total. The van der Waals surface area contributed by atoms with Gasteiger partial charge in [0, 0.05) is 38.9 Å². The average Bonchev–Trinajstić information content (AvgIpc) is 2.85. The molecular formula is C14H23ClN4O2. The van der Waals surface area contributed by atoms with Crippen LogP contribution in [0.5, 0.6) is 0 Å². The van der Waals surface area contributed by atoms with Gasteiger partial charge in [0.25, 0.3) is 0 Å². The first-order chi connectivity index (χ1) is 9.80. The number of aromatic nitrogens is 2. The lowest BCUT2D eigenvalue weighted by atomic mass is 10.0. The molecule has 0 radical (unpaired) electrons. The van der Waals surface area contributed by atoms with E-state index in [0.717, 1.165) is 13.1 Å². The first-order valence-electron chi connectivity index (χ1n) is 7.21. The first kappa shape index (κ1) is 16.3. The molecule has 7 heteroatoms. The fourth-order valence-electron chi connectivity index (χ4n) is 2.60. The van der Waals surface area contributed by atoms with Crippen molar-refractivity contribution in [1.82, 2.24) is 19.6 Å². The van der Waals surface area contributed by atoms with Crippen molar-refractivity contribution >= 4 is 17.5 Å². The normalized spacial score (nSPS) is 18.8. The minimum Gasteiger partial charge on any atom is -0.392 e. The quantitative estimate of drug-likeness (QED) is 0.893. The van der Waals surface area contributed by atoms with Gasteiger partial charge in [0.1, 0.15) is 5.54 Å². The SMILES string of the molecule is C[C@H](O)CN1CCN(C(=O)C(C)(C)n2cc(Cl)cn2)CC1. The molecule has 1 saturated heterocycles. The van der Waals surface area contributed by atoms with Crippen LogP contribution < -0.4 is 0 Å². The van der Waals surface area contributed by atoms with Crippen molar-refractivity contribution in [2.45, 2.75) is 32.4 Å². The zero-order valence-corrected chi connectivity index (χ0v) is 13.5. The lowest BCUT2D eigenvalue weighted by Gasteiger charge is -2.38. The fourth-order valence-corrected chi connectivity index (χ4v) is 2.73. The van der Waals surface area contributed by atoms with Gasteiger partial charge in [-0.1, -0.05) is 11.6 Å². The Bertz CT molecular complexity index is 493. The molecule has 1 aromatic heterocycles. The molecule has 1 atom stereocenters. The molecule has 2 heterocycles. The molecule has 1 fully saturated rings. The Morgan fingerprint density at radius 2 is 2.05 bits per heavy atom. The zero-order valence-electron chi connectivity index (χ0n) is 12.8. The summed E-state index contributed by atoms with van der Waals surface area (Å²) in [6, 6.07) is 0. The second-order valence-electron chi connectivity index (χ2n) is 6.10. The summed E-state index contributed by atoms with van der Waals surface area (Å²) in [6.07, 6.45) is 2.87. The summed E-state index contributed by atoms with van der Waals surface area (Å²) in [6.45, 7) is 9.04. The summed E-state index contributed by atoms with van der Waals surface area (Å²) < 4.78 is 1.61. The third kappa shape index (κ3) is 3.75. The van der Waals surface area contributed by atoms with Crippen molar-refractivity contribution in [1.29, 1.82) is 0 Å². The molecule has 0 spiro atoms. The van der Waals surface area contributed by atoms with Gasteiger partial charge in [0.15, 0.2) is 0 Å². The Morgan fingerprint density at radius 3 is 2.52 bits per heavy atom. The van der Waals surface area contributed by atoms with Crippen LogP contribution in [0.3, 0.4) is 0 Å². The van der Waals surface area contributed by atoms with E-state index in [2.05, 4.69) is 10.00 Å². The number of halogens is 1. The maximum atomic E-state index is 12.7. The number of carbonyl (C=O) groups is 1. The standard InChI is InChI=1S/C14H23ClN4O2/c1-11(20)9-17-4-6-18(7-5-17)13(21)14(2,3)19-10-12(15)8-16-19/h8,10-11,20H,4-7,9H2,1-3H3/t11-/m0/s1. The monoisotopic (exact) mass is 314 g/mol. The summed E-state index contributed by atoms with van der Waals surface area (Å²) in [5, 5.41) is 14.1. The Balaban J connectivity index is 1.98. The number of hydrogen-bond donors (Lipinski definition) is 1. The fraction of sp³-hybridized carbons (Fsp3) is 0.714. The Labute approximate surface area is 130 Å². The minimum absolute atomic E-state index is 0.0407. The van der Waals surface area contributed by atoms with Crippen LogP contribution >= 0.6 is 11.6 Å². The maximum Gasteiger partial charge on any atom is 0.250 e. The zero-order chi connectivity index (χ0) is 15.6. The lowest BCUT2D eigenvalue weighted by molar-refractivity contribution is -0.141. The number of β-amino-alcohol motifs (C(OH)–C–C–N with tert-alkyl or cyclic N) is 1. The number of nitrogens with zero attached hydrogens (tertiary/aromatic N) is 4. The summed E-state index contributed by atoms with van der Waals surface area (Å²) in [7, 11) is 0. The van der Waals surface area contributed by atoms with Crippen molar-refractivity contribution in [2.24, 2.45) is 0 Å². The van der Waals surface area contributed by atoms with Gasteiger partial charge >= 0.3 is 0 Å². The highest BCUT2D eigenvalue weighted by Gasteiger charge is 2.36. The van der Waals surface area contributed by atoms with Crippen molar-refractivity contribution in [2.75, 3.05) is 32.7 Å². The predicted octanol–water partition coefficient (Wildman–Crippen LogP) is 0.797. The van der Waals surface area contributed by atoms with Crippen LogP contribution in [0, 0.1) is 0 Å². The van der Waals surface area contributed by atoms with E-state index in [1.54, 1.807) is 17.8 Å². The lowest BCUT2D eigenvalue weighted by Crippen LogP contribution is -2.55. The van der Waals surface area contributed by atoms with Crippen LogP contribution in [0.4, 0.5) is 0 Å². The Kier molecular flexibility index (Phi) is 4.91. The average molecular weight is 315 g/mol. The third-order valence-electron chi connectivity index (χ3n) is 3.83. The molecule has 0 bridgehead atoms. The van der Waals surface area contributed by atoms with Crippen molar-refractivity contribution in [3.8, 4) is 0 Å². The summed E-state index contributed by atoms with van der Waals surface area (Å²) in [4.78, 5) is 16.7. The molecule has 2 rings (SSSR count). The highest BCUT2D eigenvalue weighted by molar-refractivity contribution is 6.30. The van der Waals surface area contributed by atoms with Gasteiger partial charge in [0.2, 0.25) is 5.91 Å². The van der Waals surface area contributed by atoms with Gasteiger partial charge in [-0.3, -0.25) is 14.4 Å². The molecule has 1 aliphatic rings. The molecule has 0 aromatic carbocycles. The van der Waals surface area contributed by atoms with Crippen LogP contribution in [0.25, 0.3) is 0 Å².